The van der Waals surface area contributed by atoms with Crippen LogP contribution in [0, 0.1) is 0 Å². The second kappa shape index (κ2) is 9.92. The summed E-state index contributed by atoms with van der Waals surface area (Å²) in [6.07, 6.45) is 0.864. The molecule has 2 aromatic rings. The molecule has 0 bridgehead atoms. The van der Waals surface area contributed by atoms with Crippen molar-refractivity contribution in [3.8, 4) is 11.5 Å². The number of ether oxygens (including phenoxy) is 3. The predicted molar refractivity (Wildman–Crippen MR) is 128 cm³/mol. The van der Waals surface area contributed by atoms with Crippen molar-refractivity contribution in [1.29, 1.82) is 0 Å². The van der Waals surface area contributed by atoms with Crippen molar-refractivity contribution in [1.82, 2.24) is 4.90 Å². The van der Waals surface area contributed by atoms with Gasteiger partial charge in [0, 0.05) is 23.6 Å². The van der Waals surface area contributed by atoms with E-state index in [0.29, 0.717) is 17.2 Å². The normalized spacial score (nSPS) is 19.9. The van der Waals surface area contributed by atoms with Gasteiger partial charge in [-0.15, -0.1) is 12.4 Å². The minimum atomic E-state index is -0.311. The number of hydrogen-bond acceptors (Lipinski definition) is 6. The van der Waals surface area contributed by atoms with Crippen LogP contribution in [0.2, 0.25) is 0 Å². The van der Waals surface area contributed by atoms with Gasteiger partial charge in [0.05, 0.1) is 37.6 Å². The number of aliphatic imine (C=N–C) groups is 1. The first-order valence-electron chi connectivity index (χ1n) is 10.7. The lowest BCUT2D eigenvalue weighted by Gasteiger charge is -2.39. The molecular weight excluding hydrogens is 428 g/mol. The van der Waals surface area contributed by atoms with E-state index >= 15 is 0 Å². The Kier molecular flexibility index (Phi) is 7.47. The number of benzene rings is 2. The van der Waals surface area contributed by atoms with Crippen LogP contribution >= 0.6 is 12.4 Å². The van der Waals surface area contributed by atoms with Gasteiger partial charge >= 0.3 is 5.97 Å². The van der Waals surface area contributed by atoms with Gasteiger partial charge in [0.1, 0.15) is 0 Å². The first-order chi connectivity index (χ1) is 14.9. The van der Waals surface area contributed by atoms with Crippen LogP contribution in [0.5, 0.6) is 11.5 Å². The van der Waals surface area contributed by atoms with E-state index in [0.717, 1.165) is 42.1 Å². The maximum atomic E-state index is 12.2. The molecule has 0 spiro atoms. The highest BCUT2D eigenvalue weighted by Crippen LogP contribution is 2.42. The third kappa shape index (κ3) is 4.62. The Morgan fingerprint density at radius 2 is 1.75 bits per heavy atom. The molecular formula is C25H31ClN2O4. The Labute approximate surface area is 196 Å². The molecule has 0 unspecified atom stereocenters. The van der Waals surface area contributed by atoms with E-state index in [9.17, 15) is 4.79 Å². The molecule has 1 saturated heterocycles. The lowest BCUT2D eigenvalue weighted by molar-refractivity contribution is 0.0378. The number of hydrogen-bond donors (Lipinski definition) is 0. The summed E-state index contributed by atoms with van der Waals surface area (Å²) in [7, 11) is 5.47. The van der Waals surface area contributed by atoms with Gasteiger partial charge < -0.3 is 19.1 Å². The van der Waals surface area contributed by atoms with Gasteiger partial charge in [-0.1, -0.05) is 12.1 Å². The molecule has 172 valence electrons. The molecule has 7 heteroatoms. The van der Waals surface area contributed by atoms with Gasteiger partial charge in [0.25, 0.3) is 0 Å². The summed E-state index contributed by atoms with van der Waals surface area (Å²) in [6.45, 7) is 5.68. The van der Waals surface area contributed by atoms with Gasteiger partial charge in [-0.2, -0.15) is 0 Å². The van der Waals surface area contributed by atoms with Crippen LogP contribution in [0.1, 0.15) is 53.2 Å². The van der Waals surface area contributed by atoms with Gasteiger partial charge in [-0.25, -0.2) is 4.79 Å². The third-order valence-electron chi connectivity index (χ3n) is 6.02. The first kappa shape index (κ1) is 24.1. The summed E-state index contributed by atoms with van der Waals surface area (Å²) in [6, 6.07) is 11.9. The van der Waals surface area contributed by atoms with E-state index in [1.807, 2.05) is 44.2 Å². The number of rotatable bonds is 5. The van der Waals surface area contributed by atoms with Crippen molar-refractivity contribution < 1.29 is 19.0 Å². The summed E-state index contributed by atoms with van der Waals surface area (Å²) >= 11 is 0. The minimum Gasteiger partial charge on any atom is -0.493 e. The second-order valence-electron chi connectivity index (χ2n) is 8.53. The Morgan fingerprint density at radius 3 is 2.38 bits per heavy atom. The Balaban J connectivity index is 0.00000289. The Morgan fingerprint density at radius 1 is 1.09 bits per heavy atom. The maximum Gasteiger partial charge on any atom is 0.338 e. The fourth-order valence-corrected chi connectivity index (χ4v) is 4.48. The van der Waals surface area contributed by atoms with Crippen LogP contribution in [0.15, 0.2) is 41.4 Å². The Bertz CT molecular complexity index is 1000. The molecule has 2 atom stereocenters. The van der Waals surface area contributed by atoms with Gasteiger partial charge in [0.15, 0.2) is 11.5 Å². The molecule has 1 fully saturated rings. The van der Waals surface area contributed by atoms with Crippen molar-refractivity contribution in [3.05, 3.63) is 58.7 Å². The smallest absolute Gasteiger partial charge is 0.338 e. The standard InChI is InChI=1S/C25H30N2O4.ClH/c1-15(2)31-25(28)17-8-6-16(7-9-17)24-19-13-23(30-5)22(29-4)12-18(19)20-14-27(3)11-10-21(20)26-24;/h6-9,12-13,15,20-21H,10-11,14H2,1-5H3;1H/t20-,21-;/m0./s1. The first-order valence-corrected chi connectivity index (χ1v) is 10.7. The van der Waals surface area contributed by atoms with Crippen molar-refractivity contribution >= 4 is 24.1 Å². The molecule has 2 aliphatic heterocycles. The molecule has 0 radical (unpaired) electrons. The minimum absolute atomic E-state index is 0. The molecule has 2 aromatic carbocycles. The fourth-order valence-electron chi connectivity index (χ4n) is 4.48. The van der Waals surface area contributed by atoms with E-state index in [-0.39, 0.29) is 30.5 Å². The number of piperidine rings is 1. The lowest BCUT2D eigenvalue weighted by Crippen LogP contribution is -2.41. The molecule has 32 heavy (non-hydrogen) atoms. The zero-order valence-corrected chi connectivity index (χ0v) is 20.1. The summed E-state index contributed by atoms with van der Waals surface area (Å²) in [4.78, 5) is 19.8. The number of likely N-dealkylation sites (N-methyl/N-ethyl adjacent to an activating group) is 1. The van der Waals surface area contributed by atoms with E-state index in [2.05, 4.69) is 18.0 Å². The second-order valence-corrected chi connectivity index (χ2v) is 8.53. The summed E-state index contributed by atoms with van der Waals surface area (Å²) < 4.78 is 16.5. The SMILES string of the molecule is COc1cc2c(cc1OC)[C@@H]1CN(C)CC[C@@H]1N=C2c1ccc(C(=O)OC(C)C)cc1.Cl. The number of nitrogens with zero attached hydrogens (tertiary/aromatic N) is 2. The van der Waals surface area contributed by atoms with Crippen molar-refractivity contribution in [2.45, 2.75) is 38.3 Å². The van der Waals surface area contributed by atoms with E-state index in [1.54, 1.807) is 14.2 Å². The Hall–Kier alpha value is -2.57. The number of methoxy groups -OCH3 is 2. The highest BCUT2D eigenvalue weighted by atomic mass is 35.5. The lowest BCUT2D eigenvalue weighted by atomic mass is 9.79. The fraction of sp³-hybridized carbons (Fsp3) is 0.440. The summed E-state index contributed by atoms with van der Waals surface area (Å²) in [5.41, 5.74) is 4.75. The highest BCUT2D eigenvalue weighted by molar-refractivity contribution is 6.15. The van der Waals surface area contributed by atoms with Crippen LogP contribution in [0.3, 0.4) is 0 Å². The molecule has 0 aromatic heterocycles. The largest absolute Gasteiger partial charge is 0.493 e. The molecule has 4 rings (SSSR count). The monoisotopic (exact) mass is 458 g/mol. The third-order valence-corrected chi connectivity index (χ3v) is 6.02. The molecule has 2 aliphatic rings. The number of likely N-dealkylation sites (tertiary alicyclic amines) is 1. The van der Waals surface area contributed by atoms with Crippen molar-refractivity contribution in [3.63, 3.8) is 0 Å². The van der Waals surface area contributed by atoms with Gasteiger partial charge in [-0.3, -0.25) is 4.99 Å². The van der Waals surface area contributed by atoms with Crippen LogP contribution < -0.4 is 9.47 Å². The number of carbonyl (C=O) groups excluding carboxylic acids is 1. The van der Waals surface area contributed by atoms with Crippen LogP contribution in [-0.2, 0) is 4.74 Å². The quantitative estimate of drug-likeness (QED) is 0.624. The van der Waals surface area contributed by atoms with Crippen LogP contribution in [-0.4, -0.2) is 63.1 Å². The predicted octanol–water partition coefficient (Wildman–Crippen LogP) is 4.33. The van der Waals surface area contributed by atoms with E-state index < -0.39 is 0 Å². The van der Waals surface area contributed by atoms with Gasteiger partial charge in [0.2, 0.25) is 0 Å². The number of esters is 1. The molecule has 0 N–H and O–H groups in total. The molecule has 0 saturated carbocycles. The van der Waals surface area contributed by atoms with Crippen molar-refractivity contribution in [2.24, 2.45) is 4.99 Å². The molecule has 6 nitrogen and oxygen atoms in total. The maximum absolute atomic E-state index is 12.2. The summed E-state index contributed by atoms with van der Waals surface area (Å²) in [5.74, 6) is 1.43. The topological polar surface area (TPSA) is 60.4 Å². The molecule has 0 aliphatic carbocycles. The molecule has 2 heterocycles. The number of halogens is 1. The van der Waals surface area contributed by atoms with E-state index in [4.69, 9.17) is 19.2 Å². The zero-order chi connectivity index (χ0) is 22.1. The molecule has 0 amide bonds. The average Bonchev–Trinajstić information content (AvgIpc) is 2.77. The van der Waals surface area contributed by atoms with Crippen LogP contribution in [0.4, 0.5) is 0 Å². The van der Waals surface area contributed by atoms with Crippen molar-refractivity contribution in [2.75, 3.05) is 34.4 Å². The van der Waals surface area contributed by atoms with E-state index in [1.165, 1.54) is 5.56 Å². The summed E-state index contributed by atoms with van der Waals surface area (Å²) in [5, 5.41) is 0. The number of carbonyl (C=O) groups is 1. The zero-order valence-electron chi connectivity index (χ0n) is 19.3. The van der Waals surface area contributed by atoms with Crippen LogP contribution in [0.25, 0.3) is 0 Å². The average molecular weight is 459 g/mol. The highest BCUT2D eigenvalue weighted by Gasteiger charge is 2.36. The number of fused-ring (bicyclic) bond motifs is 3. The van der Waals surface area contributed by atoms with Gasteiger partial charge in [-0.05, 0) is 63.7 Å².